The summed E-state index contributed by atoms with van der Waals surface area (Å²) < 4.78 is 5.48. The Balaban J connectivity index is 1.55. The lowest BCUT2D eigenvalue weighted by Crippen LogP contribution is -2.78. The number of para-hydroxylation sites is 2. The Morgan fingerprint density at radius 2 is 0.755 bits per heavy atom. The SMILES string of the molecule is Cc1cccc(N2c3ccccc3-c3ccccc3N(c3cccc(C)c3)[Si]2(c2ccc3ccccc3c2)c2ccc3ccccc3c2)c1. The van der Waals surface area contributed by atoms with Gasteiger partial charge in [-0.05, 0) is 93.3 Å². The van der Waals surface area contributed by atoms with Crippen LogP contribution in [0, 0.1) is 13.8 Å². The van der Waals surface area contributed by atoms with Gasteiger partial charge in [-0.3, -0.25) is 0 Å². The van der Waals surface area contributed by atoms with Crippen LogP contribution in [-0.4, -0.2) is 8.40 Å². The van der Waals surface area contributed by atoms with Gasteiger partial charge in [0.05, 0.1) is 0 Å². The second kappa shape index (κ2) is 11.7. The normalized spacial score (nSPS) is 13.6. The summed E-state index contributed by atoms with van der Waals surface area (Å²) in [5, 5.41) is 7.60. The van der Waals surface area contributed by atoms with Crippen LogP contribution in [0.15, 0.2) is 182 Å². The van der Waals surface area contributed by atoms with Crippen molar-refractivity contribution in [2.24, 2.45) is 0 Å². The van der Waals surface area contributed by atoms with Gasteiger partial charge in [0.25, 0.3) is 0 Å². The molecular formula is C46H36N2Si. The molecule has 0 spiro atoms. The van der Waals surface area contributed by atoms with Crippen LogP contribution < -0.4 is 19.5 Å². The highest BCUT2D eigenvalue weighted by Gasteiger charge is 2.54. The summed E-state index contributed by atoms with van der Waals surface area (Å²) in [6.45, 7) is 4.41. The van der Waals surface area contributed by atoms with Crippen molar-refractivity contribution in [2.75, 3.05) is 9.13 Å². The van der Waals surface area contributed by atoms with Gasteiger partial charge in [-0.1, -0.05) is 146 Å². The third-order valence-corrected chi connectivity index (χ3v) is 14.6. The smallest absolute Gasteiger partial charge is 0.340 e. The predicted molar refractivity (Wildman–Crippen MR) is 211 cm³/mol. The van der Waals surface area contributed by atoms with Crippen molar-refractivity contribution in [3.05, 3.63) is 193 Å². The molecule has 0 N–H and O–H groups in total. The molecule has 8 aromatic carbocycles. The van der Waals surface area contributed by atoms with Gasteiger partial charge in [0, 0.05) is 33.9 Å². The van der Waals surface area contributed by atoms with Crippen LogP contribution in [0.2, 0.25) is 0 Å². The molecule has 234 valence electrons. The molecule has 0 aromatic heterocycles. The van der Waals surface area contributed by atoms with E-state index in [-0.39, 0.29) is 0 Å². The van der Waals surface area contributed by atoms with Crippen molar-refractivity contribution in [2.45, 2.75) is 13.8 Å². The minimum absolute atomic E-state index is 1.19. The molecule has 1 aliphatic rings. The molecule has 0 fully saturated rings. The molecule has 1 heterocycles. The van der Waals surface area contributed by atoms with E-state index in [0.717, 1.165) is 0 Å². The summed E-state index contributed by atoms with van der Waals surface area (Å²) in [4.78, 5) is 0. The Kier molecular flexibility index (Phi) is 6.96. The van der Waals surface area contributed by atoms with Crippen LogP contribution in [0.1, 0.15) is 11.1 Å². The molecule has 0 amide bonds. The van der Waals surface area contributed by atoms with E-state index in [2.05, 4.69) is 205 Å². The average molecular weight is 645 g/mol. The molecule has 1 aliphatic heterocycles. The Morgan fingerprint density at radius 1 is 0.347 bits per heavy atom. The highest BCUT2D eigenvalue weighted by Crippen LogP contribution is 2.50. The van der Waals surface area contributed by atoms with Crippen LogP contribution >= 0.6 is 0 Å². The van der Waals surface area contributed by atoms with E-state index < -0.39 is 8.40 Å². The molecule has 9 rings (SSSR count). The number of benzene rings is 8. The largest absolute Gasteiger partial charge is 0.343 e. The molecule has 0 radical (unpaired) electrons. The third kappa shape index (κ3) is 4.69. The molecule has 8 aromatic rings. The van der Waals surface area contributed by atoms with E-state index >= 15 is 0 Å². The number of hydrogen-bond acceptors (Lipinski definition) is 2. The van der Waals surface area contributed by atoms with Crippen molar-refractivity contribution < 1.29 is 0 Å². The van der Waals surface area contributed by atoms with E-state index in [1.54, 1.807) is 0 Å². The minimum Gasteiger partial charge on any atom is -0.343 e. The van der Waals surface area contributed by atoms with Crippen molar-refractivity contribution in [3.63, 3.8) is 0 Å². The maximum atomic E-state index is 2.74. The van der Waals surface area contributed by atoms with E-state index in [0.29, 0.717) is 0 Å². The summed E-state index contributed by atoms with van der Waals surface area (Å²) in [5.74, 6) is 0. The second-order valence-corrected chi connectivity index (χ2v) is 16.6. The fourth-order valence-corrected chi connectivity index (χ4v) is 12.9. The van der Waals surface area contributed by atoms with Gasteiger partial charge in [0.1, 0.15) is 0 Å². The summed E-state index contributed by atoms with van der Waals surface area (Å²) in [5.41, 5.74) is 9.73. The number of nitrogens with zero attached hydrogens (tertiary/aromatic N) is 2. The molecule has 3 heteroatoms. The highest BCUT2D eigenvalue weighted by atomic mass is 28.3. The molecule has 0 bridgehead atoms. The van der Waals surface area contributed by atoms with Crippen LogP contribution in [0.5, 0.6) is 0 Å². The molecule has 0 atom stereocenters. The standard InChI is InChI=1S/C46H36N2Si/c1-33-13-11-19-39(29-33)47-45-23-9-7-21-43(45)44-22-8-10-24-46(44)48(40-20-12-14-34(2)30-40)49(47,41-27-25-35-15-3-5-17-37(35)31-41)42-28-26-36-16-4-6-18-38(36)32-42/h3-32H,1-2H3. The predicted octanol–water partition coefficient (Wildman–Crippen LogP) is 10.8. The van der Waals surface area contributed by atoms with Gasteiger partial charge in [-0.15, -0.1) is 0 Å². The van der Waals surface area contributed by atoms with Crippen LogP contribution in [0.25, 0.3) is 32.7 Å². The lowest BCUT2D eigenvalue weighted by atomic mass is 10.0. The van der Waals surface area contributed by atoms with Gasteiger partial charge in [0.2, 0.25) is 0 Å². The quantitative estimate of drug-likeness (QED) is 0.176. The zero-order valence-corrected chi connectivity index (χ0v) is 28.7. The number of rotatable bonds is 4. The monoisotopic (exact) mass is 644 g/mol. The maximum absolute atomic E-state index is 3.34. The average Bonchev–Trinajstić information content (AvgIpc) is 3.26. The van der Waals surface area contributed by atoms with E-state index in [1.807, 2.05) is 0 Å². The first-order chi connectivity index (χ1) is 24.1. The summed E-state index contributed by atoms with van der Waals surface area (Å²) in [6, 6.07) is 68.2. The molecular weight excluding hydrogens is 609 g/mol. The molecule has 49 heavy (non-hydrogen) atoms. The van der Waals surface area contributed by atoms with Crippen molar-refractivity contribution >= 4 is 63.1 Å². The molecule has 2 nitrogen and oxygen atoms in total. The van der Waals surface area contributed by atoms with Crippen LogP contribution in [0.4, 0.5) is 22.7 Å². The topological polar surface area (TPSA) is 6.48 Å². The lowest BCUT2D eigenvalue weighted by Gasteiger charge is -2.50. The zero-order chi connectivity index (χ0) is 33.0. The Hall–Kier alpha value is -5.90. The fraction of sp³-hybridized carbons (Fsp3) is 0.0435. The molecule has 0 aliphatic carbocycles. The van der Waals surface area contributed by atoms with Gasteiger partial charge in [0.15, 0.2) is 0 Å². The maximum Gasteiger partial charge on any atom is 0.340 e. The van der Waals surface area contributed by atoms with E-state index in [9.17, 15) is 0 Å². The zero-order valence-electron chi connectivity index (χ0n) is 27.7. The van der Waals surface area contributed by atoms with Crippen molar-refractivity contribution in [3.8, 4) is 11.1 Å². The number of anilines is 4. The summed E-state index contributed by atoms with van der Waals surface area (Å²) in [6.07, 6.45) is 0. The Labute approximate surface area is 289 Å². The van der Waals surface area contributed by atoms with Gasteiger partial charge < -0.3 is 9.13 Å². The lowest BCUT2D eigenvalue weighted by molar-refractivity contribution is 1.26. The first kappa shape index (κ1) is 29.3. The van der Waals surface area contributed by atoms with Crippen LogP contribution in [0.3, 0.4) is 0 Å². The molecule has 0 saturated carbocycles. The second-order valence-electron chi connectivity index (χ2n) is 13.2. The number of aryl methyl sites for hydroxylation is 2. The fourth-order valence-electron chi connectivity index (χ4n) is 7.92. The van der Waals surface area contributed by atoms with Gasteiger partial charge >= 0.3 is 8.40 Å². The van der Waals surface area contributed by atoms with Crippen LogP contribution in [-0.2, 0) is 0 Å². The summed E-state index contributed by atoms with van der Waals surface area (Å²) >= 11 is 0. The van der Waals surface area contributed by atoms with E-state index in [4.69, 9.17) is 0 Å². The highest BCUT2D eigenvalue weighted by molar-refractivity contribution is 7.09. The molecule has 0 saturated heterocycles. The first-order valence-corrected chi connectivity index (χ1v) is 18.9. The Bertz CT molecular complexity index is 2340. The van der Waals surface area contributed by atoms with Gasteiger partial charge in [-0.25, -0.2) is 0 Å². The first-order valence-electron chi connectivity index (χ1n) is 17.0. The third-order valence-electron chi connectivity index (χ3n) is 10.1. The van der Waals surface area contributed by atoms with Crippen molar-refractivity contribution in [1.29, 1.82) is 0 Å². The summed E-state index contributed by atoms with van der Waals surface area (Å²) in [7, 11) is -3.34. The van der Waals surface area contributed by atoms with Gasteiger partial charge in [-0.2, -0.15) is 0 Å². The van der Waals surface area contributed by atoms with E-state index in [1.165, 1.54) is 76.9 Å². The Morgan fingerprint density at radius 3 is 1.20 bits per heavy atom. The number of fused-ring (bicyclic) bond motifs is 5. The molecule has 0 unspecified atom stereocenters. The van der Waals surface area contributed by atoms with Crippen molar-refractivity contribution in [1.82, 2.24) is 0 Å². The number of hydrogen-bond donors (Lipinski definition) is 0. The minimum atomic E-state index is -3.34.